The van der Waals surface area contributed by atoms with Crippen molar-refractivity contribution >= 4 is 35.2 Å². The Morgan fingerprint density at radius 2 is 2.04 bits per heavy atom. The molecule has 1 aliphatic heterocycles. The lowest BCUT2D eigenvalue weighted by Crippen LogP contribution is -2.21. The second-order valence-electron chi connectivity index (χ2n) is 5.37. The van der Waals surface area contributed by atoms with Crippen LogP contribution in [-0.2, 0) is 16.0 Å². The summed E-state index contributed by atoms with van der Waals surface area (Å²) in [6.07, 6.45) is 1.64. The Morgan fingerprint density at radius 3 is 2.83 bits per heavy atom. The number of carboxylic acids is 1. The van der Waals surface area contributed by atoms with Crippen molar-refractivity contribution in [2.45, 2.75) is 6.42 Å². The van der Waals surface area contributed by atoms with Crippen molar-refractivity contribution in [2.24, 2.45) is 0 Å². The highest BCUT2D eigenvalue weighted by Crippen LogP contribution is 2.29. The molecule has 0 radical (unpaired) electrons. The third kappa shape index (κ3) is 3.75. The molecule has 2 aromatic rings. The predicted molar refractivity (Wildman–Crippen MR) is 91.3 cm³/mol. The first-order valence-corrected chi connectivity index (χ1v) is 7.64. The van der Waals surface area contributed by atoms with Crippen LogP contribution in [0, 0.1) is 0 Å². The normalized spacial score (nSPS) is 12.6. The first-order valence-electron chi connectivity index (χ1n) is 7.26. The van der Waals surface area contributed by atoms with Crippen molar-refractivity contribution in [3.8, 4) is 5.75 Å². The Hall–Kier alpha value is -2.79. The Morgan fingerprint density at radius 1 is 1.21 bits per heavy atom. The predicted octanol–water partition coefficient (Wildman–Crippen LogP) is 3.38. The maximum atomic E-state index is 12.4. The van der Waals surface area contributed by atoms with Crippen LogP contribution in [0.2, 0.25) is 5.02 Å². The maximum Gasteiger partial charge on any atom is 0.307 e. The van der Waals surface area contributed by atoms with Gasteiger partial charge in [-0.25, -0.2) is 0 Å². The number of nitrogens with one attached hydrogen (secondary N) is 1. The summed E-state index contributed by atoms with van der Waals surface area (Å²) in [6, 6.07) is 12.0. The van der Waals surface area contributed by atoms with E-state index in [0.29, 0.717) is 27.6 Å². The molecule has 24 heavy (non-hydrogen) atoms. The van der Waals surface area contributed by atoms with Gasteiger partial charge in [0.2, 0.25) is 0 Å². The molecule has 0 unspecified atom stereocenters. The minimum Gasteiger partial charge on any atom is -0.488 e. The molecule has 0 spiro atoms. The third-order valence-corrected chi connectivity index (χ3v) is 3.75. The van der Waals surface area contributed by atoms with Gasteiger partial charge in [-0.15, -0.1) is 0 Å². The van der Waals surface area contributed by atoms with Gasteiger partial charge in [0.15, 0.2) is 0 Å². The van der Waals surface area contributed by atoms with Gasteiger partial charge in [0.25, 0.3) is 5.91 Å². The van der Waals surface area contributed by atoms with Crippen LogP contribution < -0.4 is 10.1 Å². The number of aliphatic carboxylic acids is 1. The molecule has 2 N–H and O–H groups in total. The van der Waals surface area contributed by atoms with Crippen LogP contribution in [0.15, 0.2) is 48.0 Å². The van der Waals surface area contributed by atoms with E-state index in [1.807, 2.05) is 0 Å². The van der Waals surface area contributed by atoms with E-state index < -0.39 is 5.97 Å². The van der Waals surface area contributed by atoms with Crippen molar-refractivity contribution in [3.63, 3.8) is 0 Å². The fourth-order valence-corrected chi connectivity index (χ4v) is 2.61. The molecule has 0 aromatic heterocycles. The van der Waals surface area contributed by atoms with Gasteiger partial charge in [0.1, 0.15) is 12.4 Å². The lowest BCUT2D eigenvalue weighted by molar-refractivity contribution is -0.136. The smallest absolute Gasteiger partial charge is 0.307 e. The van der Waals surface area contributed by atoms with E-state index in [-0.39, 0.29) is 18.9 Å². The topological polar surface area (TPSA) is 75.6 Å². The largest absolute Gasteiger partial charge is 0.488 e. The van der Waals surface area contributed by atoms with E-state index in [4.69, 9.17) is 21.4 Å². The number of anilines is 1. The zero-order chi connectivity index (χ0) is 17.1. The molecule has 1 heterocycles. The summed E-state index contributed by atoms with van der Waals surface area (Å²) in [5.41, 5.74) is 2.37. The Balaban J connectivity index is 1.77. The number of ether oxygens (including phenoxy) is 1. The van der Waals surface area contributed by atoms with E-state index in [1.54, 1.807) is 48.5 Å². The third-order valence-electron chi connectivity index (χ3n) is 3.52. The van der Waals surface area contributed by atoms with Gasteiger partial charge in [-0.2, -0.15) is 0 Å². The van der Waals surface area contributed by atoms with Crippen LogP contribution >= 0.6 is 11.6 Å². The number of carbonyl (C=O) groups excluding carboxylic acids is 1. The number of hydrogen-bond donors (Lipinski definition) is 2. The van der Waals surface area contributed by atoms with E-state index in [2.05, 4.69) is 5.32 Å². The number of amides is 1. The zero-order valence-corrected chi connectivity index (χ0v) is 13.3. The Labute approximate surface area is 143 Å². The van der Waals surface area contributed by atoms with Gasteiger partial charge in [0.05, 0.1) is 12.0 Å². The number of halogens is 1. The van der Waals surface area contributed by atoms with E-state index >= 15 is 0 Å². The van der Waals surface area contributed by atoms with Crippen LogP contribution in [0.3, 0.4) is 0 Å². The summed E-state index contributed by atoms with van der Waals surface area (Å²) in [5, 5.41) is 12.2. The van der Waals surface area contributed by atoms with Gasteiger partial charge in [-0.1, -0.05) is 23.7 Å². The highest BCUT2D eigenvalue weighted by Gasteiger charge is 2.17. The molecule has 2 aromatic carbocycles. The fourth-order valence-electron chi connectivity index (χ4n) is 2.42. The van der Waals surface area contributed by atoms with Crippen molar-refractivity contribution in [3.05, 3.63) is 64.2 Å². The number of rotatable bonds is 4. The summed E-state index contributed by atoms with van der Waals surface area (Å²) in [5.74, 6) is -0.539. The van der Waals surface area contributed by atoms with Crippen molar-refractivity contribution in [1.82, 2.24) is 0 Å². The first kappa shape index (κ1) is 16.1. The molecular weight excluding hydrogens is 330 g/mol. The standard InChI is InChI=1S/C18H14ClNO4/c19-14-4-5-16-12(9-14)8-13(10-24-16)18(23)20-15-3-1-2-11(6-15)7-17(21)22/h1-6,8-9H,7,10H2,(H,20,23)(H,21,22). The molecule has 1 aliphatic rings. The van der Waals surface area contributed by atoms with Gasteiger partial charge in [0, 0.05) is 16.3 Å². The SMILES string of the molecule is O=C(O)Cc1cccc(NC(=O)C2=Cc3cc(Cl)ccc3OC2)c1. The minimum absolute atomic E-state index is 0.0958. The van der Waals surface area contributed by atoms with Gasteiger partial charge in [-0.05, 0) is 42.0 Å². The molecule has 122 valence electrons. The van der Waals surface area contributed by atoms with Gasteiger partial charge >= 0.3 is 5.97 Å². The zero-order valence-electron chi connectivity index (χ0n) is 12.6. The van der Waals surface area contributed by atoms with Crippen LogP contribution in [0.1, 0.15) is 11.1 Å². The van der Waals surface area contributed by atoms with Crippen molar-refractivity contribution in [2.75, 3.05) is 11.9 Å². The van der Waals surface area contributed by atoms with Crippen molar-refractivity contribution < 1.29 is 19.4 Å². The monoisotopic (exact) mass is 343 g/mol. The van der Waals surface area contributed by atoms with Gasteiger partial charge < -0.3 is 15.2 Å². The summed E-state index contributed by atoms with van der Waals surface area (Å²) >= 11 is 5.96. The van der Waals surface area contributed by atoms with Crippen LogP contribution in [-0.4, -0.2) is 23.6 Å². The molecule has 0 bridgehead atoms. The lowest BCUT2D eigenvalue weighted by atomic mass is 10.1. The maximum absolute atomic E-state index is 12.4. The summed E-state index contributed by atoms with van der Waals surface area (Å²) in [6.45, 7) is 0.162. The summed E-state index contributed by atoms with van der Waals surface area (Å²) in [7, 11) is 0. The summed E-state index contributed by atoms with van der Waals surface area (Å²) in [4.78, 5) is 23.2. The van der Waals surface area contributed by atoms with E-state index in [0.717, 1.165) is 5.56 Å². The molecule has 0 saturated heterocycles. The average molecular weight is 344 g/mol. The second-order valence-corrected chi connectivity index (χ2v) is 5.80. The van der Waals surface area contributed by atoms with Crippen LogP contribution in [0.4, 0.5) is 5.69 Å². The Bertz CT molecular complexity index is 845. The average Bonchev–Trinajstić information content (AvgIpc) is 2.53. The van der Waals surface area contributed by atoms with Crippen molar-refractivity contribution in [1.29, 1.82) is 0 Å². The molecular formula is C18H14ClNO4. The quantitative estimate of drug-likeness (QED) is 0.892. The number of fused-ring (bicyclic) bond motifs is 1. The first-order chi connectivity index (χ1) is 11.5. The number of benzene rings is 2. The molecule has 0 fully saturated rings. The summed E-state index contributed by atoms with van der Waals surface area (Å²) < 4.78 is 5.56. The molecule has 0 aliphatic carbocycles. The highest BCUT2D eigenvalue weighted by molar-refractivity contribution is 6.30. The van der Waals surface area contributed by atoms with Gasteiger partial charge in [-0.3, -0.25) is 9.59 Å². The molecule has 6 heteroatoms. The van der Waals surface area contributed by atoms with Crippen LogP contribution in [0.5, 0.6) is 5.75 Å². The fraction of sp³-hybridized carbons (Fsp3) is 0.111. The van der Waals surface area contributed by atoms with E-state index in [9.17, 15) is 9.59 Å². The van der Waals surface area contributed by atoms with Crippen LogP contribution in [0.25, 0.3) is 6.08 Å². The minimum atomic E-state index is -0.921. The Kier molecular flexibility index (Phi) is 4.53. The highest BCUT2D eigenvalue weighted by atomic mass is 35.5. The number of carboxylic acid groups (broad SMARTS) is 1. The number of carbonyl (C=O) groups is 2. The molecule has 0 saturated carbocycles. The van der Waals surface area contributed by atoms with E-state index in [1.165, 1.54) is 0 Å². The molecule has 5 nitrogen and oxygen atoms in total. The number of hydrogen-bond acceptors (Lipinski definition) is 3. The second kappa shape index (κ2) is 6.76. The molecule has 3 rings (SSSR count). The molecule has 0 atom stereocenters. The molecule has 1 amide bonds. The lowest BCUT2D eigenvalue weighted by Gasteiger charge is -2.18.